The van der Waals surface area contributed by atoms with E-state index in [4.69, 9.17) is 18.6 Å². The van der Waals surface area contributed by atoms with Gasteiger partial charge in [0.05, 0.1) is 31.5 Å². The summed E-state index contributed by atoms with van der Waals surface area (Å²) in [7, 11) is 3.13. The minimum Gasteiger partial charge on any atom is -0.496 e. The third kappa shape index (κ3) is 5.22. The summed E-state index contributed by atoms with van der Waals surface area (Å²) in [6, 6.07) is 11.8. The molecule has 6 aromatic rings. The highest BCUT2D eigenvalue weighted by Crippen LogP contribution is 2.38. The van der Waals surface area contributed by atoms with Crippen LogP contribution in [0, 0.1) is 0 Å². The summed E-state index contributed by atoms with van der Waals surface area (Å²) in [6.07, 6.45) is -1.47. The molecule has 0 saturated carbocycles. The van der Waals surface area contributed by atoms with Gasteiger partial charge in [-0.05, 0) is 41.7 Å². The number of alkyl halides is 2. The van der Waals surface area contributed by atoms with Gasteiger partial charge in [-0.1, -0.05) is 0 Å². The molecule has 6 rings (SSSR count). The van der Waals surface area contributed by atoms with Crippen molar-refractivity contribution in [2.24, 2.45) is 0 Å². The van der Waals surface area contributed by atoms with Gasteiger partial charge in [-0.3, -0.25) is 0 Å². The zero-order valence-corrected chi connectivity index (χ0v) is 22.4. The van der Waals surface area contributed by atoms with Gasteiger partial charge >= 0.3 is 6.11 Å². The lowest BCUT2D eigenvalue weighted by Crippen LogP contribution is -2.18. The van der Waals surface area contributed by atoms with Crippen LogP contribution in [0.3, 0.4) is 0 Å². The van der Waals surface area contributed by atoms with E-state index in [1.165, 1.54) is 34.8 Å². The van der Waals surface area contributed by atoms with E-state index >= 15 is 0 Å². The highest BCUT2D eigenvalue weighted by Gasteiger charge is 2.23. The number of ether oxygens (including phenoxy) is 4. The largest absolute Gasteiger partial charge is 0.496 e. The Morgan fingerprint density at radius 2 is 1.85 bits per heavy atom. The van der Waals surface area contributed by atoms with Gasteiger partial charge in [0.2, 0.25) is 4.96 Å². The number of benzene rings is 2. The molecule has 13 heteroatoms. The Kier molecular flexibility index (Phi) is 6.31. The number of hydrogen-bond acceptors (Lipinski definition) is 10. The number of nitrogens with zero attached hydrogens (tertiary/aromatic N) is 4. The predicted molar refractivity (Wildman–Crippen MR) is 142 cm³/mol. The van der Waals surface area contributed by atoms with Crippen molar-refractivity contribution in [3.8, 4) is 44.5 Å². The van der Waals surface area contributed by atoms with Crippen LogP contribution in [0.2, 0.25) is 0 Å². The molecular weight excluding hydrogens is 550 g/mol. The molecule has 0 unspecified atom stereocenters. The van der Waals surface area contributed by atoms with Crippen LogP contribution < -0.4 is 18.9 Å². The van der Waals surface area contributed by atoms with Crippen LogP contribution in [0.4, 0.5) is 8.78 Å². The fraction of sp³-hybridized carbons (Fsp3) is 0.192. The molecule has 0 bridgehead atoms. The maximum absolute atomic E-state index is 13.1. The number of imidazole rings is 1. The summed E-state index contributed by atoms with van der Waals surface area (Å²) in [6.45, 7) is 0.899. The van der Waals surface area contributed by atoms with Crippen LogP contribution in [0.15, 0.2) is 58.5 Å². The molecule has 0 radical (unpaired) electrons. The van der Waals surface area contributed by atoms with Crippen LogP contribution in [0.5, 0.6) is 22.4 Å². The molecule has 0 N–H and O–H groups in total. The van der Waals surface area contributed by atoms with E-state index in [1.807, 2.05) is 11.4 Å². The standard InChI is InChI=1S/C26H20F2N4O5S2/c1-26(27,28)37-16-6-4-14(5-7-16)23-29-15(13-38-23)12-35-20-8-17(33-2)9-21-18(20)10-22(36-21)19-11-32-24(30-19)39-25(31-32)34-3/h4-11,13H,12H2,1-3H3. The second-order valence-corrected chi connectivity index (χ2v) is 10.2. The van der Waals surface area contributed by atoms with Crippen molar-refractivity contribution >= 4 is 38.6 Å². The minimum atomic E-state index is -3.24. The summed E-state index contributed by atoms with van der Waals surface area (Å²) >= 11 is 2.75. The molecule has 0 aliphatic rings. The maximum Gasteiger partial charge on any atom is 0.394 e. The van der Waals surface area contributed by atoms with Crippen LogP contribution in [0.1, 0.15) is 12.6 Å². The van der Waals surface area contributed by atoms with Crippen molar-refractivity contribution in [1.82, 2.24) is 19.6 Å². The van der Waals surface area contributed by atoms with Gasteiger partial charge in [-0.25, -0.2) is 14.5 Å². The minimum absolute atomic E-state index is 0.0826. The fourth-order valence-corrected chi connectivity index (χ4v) is 5.37. The Morgan fingerprint density at radius 1 is 1.03 bits per heavy atom. The smallest absolute Gasteiger partial charge is 0.394 e. The average molecular weight is 571 g/mol. The summed E-state index contributed by atoms with van der Waals surface area (Å²) < 4.78 is 55.2. The number of thiazole rings is 1. The zero-order valence-electron chi connectivity index (χ0n) is 20.8. The van der Waals surface area contributed by atoms with Crippen molar-refractivity contribution in [3.63, 3.8) is 0 Å². The molecule has 0 fully saturated rings. The van der Waals surface area contributed by atoms with E-state index in [0.29, 0.717) is 51.3 Å². The van der Waals surface area contributed by atoms with Crippen molar-refractivity contribution in [2.45, 2.75) is 19.6 Å². The van der Waals surface area contributed by atoms with E-state index < -0.39 is 6.11 Å². The molecule has 0 atom stereocenters. The summed E-state index contributed by atoms with van der Waals surface area (Å²) in [5, 5.41) is 8.20. The first-order chi connectivity index (χ1) is 18.8. The predicted octanol–water partition coefficient (Wildman–Crippen LogP) is 6.92. The third-order valence-corrected chi connectivity index (χ3v) is 7.41. The maximum atomic E-state index is 13.1. The van der Waals surface area contributed by atoms with Crippen molar-refractivity contribution in [1.29, 1.82) is 0 Å². The fourth-order valence-electron chi connectivity index (χ4n) is 3.86. The van der Waals surface area contributed by atoms with Gasteiger partial charge in [0.15, 0.2) is 5.76 Å². The number of methoxy groups -OCH3 is 2. The Morgan fingerprint density at radius 3 is 2.56 bits per heavy atom. The number of furan rings is 1. The number of halogens is 2. The monoisotopic (exact) mass is 570 g/mol. The Balaban J connectivity index is 1.22. The lowest BCUT2D eigenvalue weighted by atomic mass is 10.2. The summed E-state index contributed by atoms with van der Waals surface area (Å²) in [5.74, 6) is 1.79. The van der Waals surface area contributed by atoms with Crippen LogP contribution in [-0.4, -0.2) is 39.9 Å². The summed E-state index contributed by atoms with van der Waals surface area (Å²) in [4.78, 5) is 9.90. The average Bonchev–Trinajstić information content (AvgIpc) is 3.69. The normalized spacial score (nSPS) is 11.8. The molecule has 9 nitrogen and oxygen atoms in total. The van der Waals surface area contributed by atoms with Gasteiger partial charge in [0, 0.05) is 30.0 Å². The third-order valence-electron chi connectivity index (χ3n) is 5.59. The van der Waals surface area contributed by atoms with E-state index in [0.717, 1.165) is 16.0 Å². The first-order valence-corrected chi connectivity index (χ1v) is 13.2. The number of fused-ring (bicyclic) bond motifs is 2. The van der Waals surface area contributed by atoms with E-state index in [2.05, 4.69) is 19.8 Å². The molecule has 0 aliphatic carbocycles. The highest BCUT2D eigenvalue weighted by molar-refractivity contribution is 7.18. The second kappa shape index (κ2) is 9.82. The molecule has 0 spiro atoms. The molecular formula is C26H20F2N4O5S2. The van der Waals surface area contributed by atoms with E-state index in [-0.39, 0.29) is 12.4 Å². The van der Waals surface area contributed by atoms with Gasteiger partial charge in [-0.2, -0.15) is 8.78 Å². The number of aromatic nitrogens is 4. The van der Waals surface area contributed by atoms with Crippen LogP contribution >= 0.6 is 22.7 Å². The van der Waals surface area contributed by atoms with Crippen molar-refractivity contribution in [3.05, 3.63) is 59.7 Å². The molecule has 4 heterocycles. The van der Waals surface area contributed by atoms with Gasteiger partial charge in [-0.15, -0.1) is 16.4 Å². The van der Waals surface area contributed by atoms with Gasteiger partial charge in [0.25, 0.3) is 5.19 Å². The first-order valence-electron chi connectivity index (χ1n) is 11.5. The molecule has 4 aromatic heterocycles. The van der Waals surface area contributed by atoms with Gasteiger partial charge < -0.3 is 23.4 Å². The van der Waals surface area contributed by atoms with Crippen LogP contribution in [0.25, 0.3) is 38.0 Å². The lowest BCUT2D eigenvalue weighted by molar-refractivity contribution is -0.158. The SMILES string of the molecule is COc1cc(OCc2csc(-c3ccc(OC(C)(F)F)cc3)n2)c2cc(-c3cn4nc(OC)sc4n3)oc2c1. The van der Waals surface area contributed by atoms with Crippen molar-refractivity contribution < 1.29 is 32.1 Å². The molecule has 0 saturated heterocycles. The Hall–Kier alpha value is -4.23. The zero-order chi connectivity index (χ0) is 27.1. The molecule has 200 valence electrons. The topological polar surface area (TPSA) is 93.1 Å². The second-order valence-electron chi connectivity index (χ2n) is 8.44. The Bertz CT molecular complexity index is 1740. The van der Waals surface area contributed by atoms with Crippen LogP contribution in [-0.2, 0) is 6.61 Å². The Labute approximate surface area is 228 Å². The number of hydrogen-bond donors (Lipinski definition) is 0. The van der Waals surface area contributed by atoms with E-state index in [9.17, 15) is 8.78 Å². The molecule has 39 heavy (non-hydrogen) atoms. The quantitative estimate of drug-likeness (QED) is 0.185. The van der Waals surface area contributed by atoms with Crippen molar-refractivity contribution in [2.75, 3.05) is 14.2 Å². The summed E-state index contributed by atoms with van der Waals surface area (Å²) in [5.41, 5.74) is 2.71. The molecule has 2 aromatic carbocycles. The highest BCUT2D eigenvalue weighted by atomic mass is 32.1. The van der Waals surface area contributed by atoms with E-state index in [1.54, 1.807) is 49.2 Å². The van der Waals surface area contributed by atoms with Gasteiger partial charge in [0.1, 0.15) is 40.1 Å². The first kappa shape index (κ1) is 25.1. The lowest BCUT2D eigenvalue weighted by Gasteiger charge is -2.12. The number of rotatable bonds is 9. The molecule has 0 amide bonds. The molecule has 0 aliphatic heterocycles.